The molecule has 2 fully saturated rings. The number of ketones is 1. The number of Topliss-reactive ketones (excluding diaryl/α,β-unsaturated/α-hetero) is 1. The van der Waals surface area contributed by atoms with E-state index in [1.54, 1.807) is 48.5 Å². The number of hydrogen-bond donors (Lipinski definition) is 0. The molecule has 7 rings (SSSR count). The van der Waals surface area contributed by atoms with Crippen LogP contribution >= 0.6 is 0 Å². The van der Waals surface area contributed by atoms with Crippen molar-refractivity contribution in [1.82, 2.24) is 8.61 Å². The average molecular weight is 665 g/mol. The van der Waals surface area contributed by atoms with Gasteiger partial charge in [-0.1, -0.05) is 108 Å². The van der Waals surface area contributed by atoms with Crippen LogP contribution in [0.15, 0.2) is 131 Å². The van der Waals surface area contributed by atoms with Gasteiger partial charge < -0.3 is 0 Å². The van der Waals surface area contributed by atoms with Crippen LogP contribution < -0.4 is 0 Å². The number of nitrogens with zero attached hydrogens (tertiary/aromatic N) is 2. The lowest BCUT2D eigenvalue weighted by molar-refractivity contribution is -0.132. The fourth-order valence-electron chi connectivity index (χ4n) is 7.27. The summed E-state index contributed by atoms with van der Waals surface area (Å²) in [6, 6.07) is 34.1. The van der Waals surface area contributed by atoms with Gasteiger partial charge in [-0.25, -0.2) is 16.8 Å². The molecule has 0 aromatic heterocycles. The standard InChI is InChI=1S/C38H36N2O5S2/c1-26-15-19-30(20-16-26)46(42,43)39-25-34-37(23-36(39)33-14-8-12-28-9-6-7-13-32(28)33)40(47(44,45)31-21-17-27(2)18-22-31)35(24-38(34)41)29-10-4-3-5-11-29/h3-22,34-37H,23-25H2,1-2H3. The second kappa shape index (κ2) is 12.1. The van der Waals surface area contributed by atoms with E-state index in [1.165, 1.54) is 8.61 Å². The van der Waals surface area contributed by atoms with Gasteiger partial charge in [-0.15, -0.1) is 0 Å². The molecular weight excluding hydrogens is 629 g/mol. The predicted molar refractivity (Wildman–Crippen MR) is 183 cm³/mol. The van der Waals surface area contributed by atoms with E-state index < -0.39 is 44.1 Å². The molecule has 9 heteroatoms. The molecule has 0 spiro atoms. The topological polar surface area (TPSA) is 91.8 Å². The lowest BCUT2D eigenvalue weighted by Gasteiger charge is -2.51. The fourth-order valence-corrected chi connectivity index (χ4v) is 10.8. The van der Waals surface area contributed by atoms with Crippen molar-refractivity contribution >= 4 is 36.6 Å². The molecule has 0 aliphatic carbocycles. The highest BCUT2D eigenvalue weighted by Gasteiger charge is 2.54. The zero-order valence-electron chi connectivity index (χ0n) is 26.2. The molecular formula is C38H36N2O5S2. The van der Waals surface area contributed by atoms with Crippen molar-refractivity contribution in [2.45, 2.75) is 54.6 Å². The number of fused-ring (bicyclic) bond motifs is 2. The Bertz CT molecular complexity index is 2160. The molecule has 4 atom stereocenters. The second-order valence-corrected chi connectivity index (χ2v) is 16.4. The zero-order chi connectivity index (χ0) is 32.9. The minimum Gasteiger partial charge on any atom is -0.299 e. The molecule has 2 aliphatic rings. The molecule has 4 unspecified atom stereocenters. The van der Waals surface area contributed by atoms with E-state index in [1.807, 2.05) is 86.6 Å². The summed E-state index contributed by atoms with van der Waals surface area (Å²) in [7, 11) is -8.20. The van der Waals surface area contributed by atoms with Crippen molar-refractivity contribution in [1.29, 1.82) is 0 Å². The van der Waals surface area contributed by atoms with Gasteiger partial charge in [0.1, 0.15) is 5.78 Å². The van der Waals surface area contributed by atoms with Crippen LogP contribution in [0, 0.1) is 19.8 Å². The lowest BCUT2D eigenvalue weighted by Crippen LogP contribution is -2.60. The minimum atomic E-state index is -4.11. The third-order valence-corrected chi connectivity index (χ3v) is 13.5. The van der Waals surface area contributed by atoms with Gasteiger partial charge in [-0.05, 0) is 66.4 Å². The van der Waals surface area contributed by atoms with Crippen molar-refractivity contribution in [2.24, 2.45) is 5.92 Å². The van der Waals surface area contributed by atoms with Gasteiger partial charge in [0.05, 0.1) is 21.9 Å². The number of carbonyl (C=O) groups is 1. The Morgan fingerprint density at radius 1 is 0.617 bits per heavy atom. The maximum atomic E-state index is 14.7. The van der Waals surface area contributed by atoms with Crippen molar-refractivity contribution < 1.29 is 21.6 Å². The molecule has 240 valence electrons. The highest BCUT2D eigenvalue weighted by Crippen LogP contribution is 2.49. The van der Waals surface area contributed by atoms with Gasteiger partial charge in [0.15, 0.2) is 0 Å². The van der Waals surface area contributed by atoms with Crippen LogP contribution in [0.5, 0.6) is 0 Å². The Balaban J connectivity index is 1.42. The first kappa shape index (κ1) is 31.4. The minimum absolute atomic E-state index is 0.0480. The maximum absolute atomic E-state index is 14.7. The largest absolute Gasteiger partial charge is 0.299 e. The lowest BCUT2D eigenvalue weighted by atomic mass is 9.77. The molecule has 2 saturated heterocycles. The summed E-state index contributed by atoms with van der Waals surface area (Å²) in [5.74, 6) is -0.985. The van der Waals surface area contributed by atoms with Crippen LogP contribution in [0.4, 0.5) is 0 Å². The Labute approximate surface area is 276 Å². The molecule has 0 N–H and O–H groups in total. The number of benzene rings is 5. The van der Waals surface area contributed by atoms with Crippen LogP contribution in [0.3, 0.4) is 0 Å². The first-order valence-electron chi connectivity index (χ1n) is 15.8. The summed E-state index contributed by atoms with van der Waals surface area (Å²) >= 11 is 0. The Morgan fingerprint density at radius 2 is 1.19 bits per heavy atom. The number of hydrogen-bond acceptors (Lipinski definition) is 5. The van der Waals surface area contributed by atoms with E-state index in [4.69, 9.17) is 0 Å². The van der Waals surface area contributed by atoms with Crippen LogP contribution in [0.25, 0.3) is 10.8 Å². The van der Waals surface area contributed by atoms with Crippen LogP contribution in [-0.4, -0.2) is 43.8 Å². The number of carbonyl (C=O) groups excluding carboxylic acids is 1. The van der Waals surface area contributed by atoms with E-state index >= 15 is 0 Å². The number of sulfonamides is 2. The van der Waals surface area contributed by atoms with Gasteiger partial charge in [-0.3, -0.25) is 4.79 Å². The highest BCUT2D eigenvalue weighted by atomic mass is 32.2. The van der Waals surface area contributed by atoms with Gasteiger partial charge in [0.25, 0.3) is 0 Å². The highest BCUT2D eigenvalue weighted by molar-refractivity contribution is 7.89. The Hall–Kier alpha value is -4.15. The number of piperidine rings is 2. The van der Waals surface area contributed by atoms with E-state index in [0.29, 0.717) is 0 Å². The van der Waals surface area contributed by atoms with Gasteiger partial charge in [0.2, 0.25) is 20.0 Å². The molecule has 2 heterocycles. The average Bonchev–Trinajstić information content (AvgIpc) is 3.08. The summed E-state index contributed by atoms with van der Waals surface area (Å²) in [4.78, 5) is 14.4. The Morgan fingerprint density at radius 3 is 1.85 bits per heavy atom. The van der Waals surface area contributed by atoms with Crippen molar-refractivity contribution in [3.63, 3.8) is 0 Å². The number of aryl methyl sites for hydroxylation is 2. The summed E-state index contributed by atoms with van der Waals surface area (Å²) < 4.78 is 61.4. The van der Waals surface area contributed by atoms with Gasteiger partial charge in [-0.2, -0.15) is 8.61 Å². The smallest absolute Gasteiger partial charge is 0.243 e. The summed E-state index contributed by atoms with van der Waals surface area (Å²) in [6.45, 7) is 3.67. The molecule has 5 aromatic carbocycles. The van der Waals surface area contributed by atoms with Gasteiger partial charge in [0, 0.05) is 24.9 Å². The summed E-state index contributed by atoms with van der Waals surface area (Å²) in [5, 5.41) is 1.84. The van der Waals surface area contributed by atoms with Crippen LogP contribution in [-0.2, 0) is 24.8 Å². The maximum Gasteiger partial charge on any atom is 0.243 e. The number of rotatable bonds is 6. The molecule has 47 heavy (non-hydrogen) atoms. The Kier molecular flexibility index (Phi) is 8.12. The summed E-state index contributed by atoms with van der Waals surface area (Å²) in [6.07, 6.45) is 0.0670. The first-order chi connectivity index (χ1) is 22.6. The monoisotopic (exact) mass is 664 g/mol. The van der Waals surface area contributed by atoms with Crippen molar-refractivity contribution in [3.05, 3.63) is 144 Å². The third kappa shape index (κ3) is 5.61. The molecule has 0 radical (unpaired) electrons. The fraction of sp³-hybridized carbons (Fsp3) is 0.237. The first-order valence-corrected chi connectivity index (χ1v) is 18.7. The molecule has 2 aliphatic heterocycles. The molecule has 0 saturated carbocycles. The van der Waals surface area contributed by atoms with E-state index in [-0.39, 0.29) is 35.0 Å². The predicted octanol–water partition coefficient (Wildman–Crippen LogP) is 6.98. The normalized spacial score (nSPS) is 22.6. The van der Waals surface area contributed by atoms with E-state index in [9.17, 15) is 21.6 Å². The van der Waals surface area contributed by atoms with Crippen molar-refractivity contribution in [2.75, 3.05) is 6.54 Å². The third-order valence-electron chi connectivity index (χ3n) is 9.69. The summed E-state index contributed by atoms with van der Waals surface area (Å²) in [5.41, 5.74) is 3.37. The van der Waals surface area contributed by atoms with E-state index in [2.05, 4.69) is 0 Å². The molecule has 0 amide bonds. The van der Waals surface area contributed by atoms with Gasteiger partial charge >= 0.3 is 0 Å². The zero-order valence-corrected chi connectivity index (χ0v) is 27.9. The molecule has 5 aromatic rings. The quantitative estimate of drug-likeness (QED) is 0.195. The molecule has 7 nitrogen and oxygen atoms in total. The van der Waals surface area contributed by atoms with Crippen molar-refractivity contribution in [3.8, 4) is 0 Å². The van der Waals surface area contributed by atoms with Crippen LogP contribution in [0.2, 0.25) is 0 Å². The SMILES string of the molecule is Cc1ccc(S(=O)(=O)N2CC3C(=O)CC(c4ccccc4)N(S(=O)(=O)c4ccc(C)cc4)C3CC2c2cccc3ccccc23)cc1. The molecule has 0 bridgehead atoms. The van der Waals surface area contributed by atoms with Crippen LogP contribution in [0.1, 0.15) is 47.2 Å². The van der Waals surface area contributed by atoms with E-state index in [0.717, 1.165) is 33.0 Å². The second-order valence-electron chi connectivity index (χ2n) is 12.6.